The molecule has 1 aromatic rings. The van der Waals surface area contributed by atoms with Crippen molar-refractivity contribution >= 4 is 11.6 Å². The van der Waals surface area contributed by atoms with E-state index in [9.17, 15) is 4.79 Å². The summed E-state index contributed by atoms with van der Waals surface area (Å²) in [6.07, 6.45) is 5.07. The summed E-state index contributed by atoms with van der Waals surface area (Å²) in [7, 11) is 0. The molecular formula is C17H27N3O. The fourth-order valence-electron chi connectivity index (χ4n) is 3.28. The van der Waals surface area contributed by atoms with E-state index in [2.05, 4.69) is 18.7 Å². The van der Waals surface area contributed by atoms with Gasteiger partial charge in [-0.05, 0) is 49.0 Å². The average Bonchev–Trinajstić information content (AvgIpc) is 2.50. The van der Waals surface area contributed by atoms with Crippen LogP contribution in [0, 0.1) is 5.41 Å². The molecule has 0 spiro atoms. The number of hydrogen-bond donors (Lipinski definition) is 2. The van der Waals surface area contributed by atoms with Crippen LogP contribution in [0.25, 0.3) is 0 Å². The molecule has 0 bridgehead atoms. The van der Waals surface area contributed by atoms with E-state index in [1.54, 1.807) is 12.1 Å². The minimum Gasteiger partial charge on any atom is -0.398 e. The van der Waals surface area contributed by atoms with Crippen molar-refractivity contribution in [2.75, 3.05) is 18.8 Å². The minimum atomic E-state index is -0.429. The van der Waals surface area contributed by atoms with Crippen LogP contribution in [0.15, 0.2) is 18.2 Å². The third-order valence-corrected chi connectivity index (χ3v) is 5.24. The van der Waals surface area contributed by atoms with E-state index in [-0.39, 0.29) is 0 Å². The van der Waals surface area contributed by atoms with Crippen LogP contribution in [0.3, 0.4) is 0 Å². The van der Waals surface area contributed by atoms with E-state index in [4.69, 9.17) is 11.5 Å². The van der Waals surface area contributed by atoms with Gasteiger partial charge in [-0.15, -0.1) is 0 Å². The molecule has 1 fully saturated rings. The second-order valence-corrected chi connectivity index (χ2v) is 6.26. The summed E-state index contributed by atoms with van der Waals surface area (Å²) in [5.74, 6) is -0.429. The number of piperidine rings is 1. The van der Waals surface area contributed by atoms with Gasteiger partial charge < -0.3 is 11.5 Å². The molecule has 116 valence electrons. The number of hydrogen-bond acceptors (Lipinski definition) is 3. The van der Waals surface area contributed by atoms with Crippen LogP contribution in [0.4, 0.5) is 5.69 Å². The number of anilines is 1. The van der Waals surface area contributed by atoms with E-state index in [0.29, 0.717) is 16.7 Å². The Kier molecular flexibility index (Phi) is 4.88. The third kappa shape index (κ3) is 3.56. The van der Waals surface area contributed by atoms with Gasteiger partial charge in [0.1, 0.15) is 0 Å². The molecule has 1 aromatic carbocycles. The van der Waals surface area contributed by atoms with E-state index in [0.717, 1.165) is 25.2 Å². The summed E-state index contributed by atoms with van der Waals surface area (Å²) in [6.45, 7) is 7.71. The lowest BCUT2D eigenvalue weighted by atomic mass is 9.74. The molecule has 0 saturated carbocycles. The first-order chi connectivity index (χ1) is 9.99. The van der Waals surface area contributed by atoms with Gasteiger partial charge in [-0.3, -0.25) is 9.69 Å². The van der Waals surface area contributed by atoms with Crippen molar-refractivity contribution in [3.05, 3.63) is 29.3 Å². The number of carbonyl (C=O) groups excluding carboxylic acids is 1. The summed E-state index contributed by atoms with van der Waals surface area (Å²) in [5.41, 5.74) is 14.1. The minimum absolute atomic E-state index is 0.429. The van der Waals surface area contributed by atoms with Gasteiger partial charge in [0, 0.05) is 17.8 Å². The fourth-order valence-corrected chi connectivity index (χ4v) is 3.28. The van der Waals surface area contributed by atoms with Crippen molar-refractivity contribution in [3.63, 3.8) is 0 Å². The Morgan fingerprint density at radius 2 is 1.86 bits per heavy atom. The van der Waals surface area contributed by atoms with Crippen molar-refractivity contribution in [1.29, 1.82) is 0 Å². The number of nitrogens with two attached hydrogens (primary N) is 2. The quantitative estimate of drug-likeness (QED) is 0.819. The molecule has 0 aromatic heterocycles. The highest BCUT2D eigenvalue weighted by Crippen LogP contribution is 2.38. The highest BCUT2D eigenvalue weighted by atomic mass is 16.1. The van der Waals surface area contributed by atoms with Gasteiger partial charge in [0.05, 0.1) is 0 Å². The maximum Gasteiger partial charge on any atom is 0.248 e. The normalized spacial score (nSPS) is 18.6. The van der Waals surface area contributed by atoms with Gasteiger partial charge in [-0.25, -0.2) is 0 Å². The van der Waals surface area contributed by atoms with Crippen LogP contribution in [-0.4, -0.2) is 23.9 Å². The number of nitrogen functional groups attached to an aromatic ring is 1. The summed E-state index contributed by atoms with van der Waals surface area (Å²) in [4.78, 5) is 13.6. The molecule has 4 nitrogen and oxygen atoms in total. The molecule has 1 saturated heterocycles. The SMILES string of the molecule is CCC1(CC)CCN(Cc2ccc(C(N)=O)cc2N)CC1. The smallest absolute Gasteiger partial charge is 0.248 e. The van der Waals surface area contributed by atoms with Crippen molar-refractivity contribution < 1.29 is 4.79 Å². The number of carbonyl (C=O) groups is 1. The molecule has 0 atom stereocenters. The number of primary amides is 1. The van der Waals surface area contributed by atoms with Crippen LogP contribution < -0.4 is 11.5 Å². The van der Waals surface area contributed by atoms with Crippen LogP contribution in [0.2, 0.25) is 0 Å². The maximum atomic E-state index is 11.1. The van der Waals surface area contributed by atoms with Crippen LogP contribution in [-0.2, 0) is 6.54 Å². The standard InChI is InChI=1S/C17H27N3O/c1-3-17(4-2)7-9-20(10-8-17)12-14-6-5-13(16(19)21)11-15(14)18/h5-6,11H,3-4,7-10,12,18H2,1-2H3,(H2,19,21). The summed E-state index contributed by atoms with van der Waals surface area (Å²) >= 11 is 0. The van der Waals surface area contributed by atoms with Gasteiger partial charge in [0.15, 0.2) is 0 Å². The van der Waals surface area contributed by atoms with E-state index >= 15 is 0 Å². The number of likely N-dealkylation sites (tertiary alicyclic amines) is 1. The number of benzene rings is 1. The maximum absolute atomic E-state index is 11.1. The van der Waals surface area contributed by atoms with Gasteiger partial charge >= 0.3 is 0 Å². The van der Waals surface area contributed by atoms with Gasteiger partial charge in [0.25, 0.3) is 0 Å². The zero-order valence-electron chi connectivity index (χ0n) is 13.2. The predicted molar refractivity (Wildman–Crippen MR) is 86.9 cm³/mol. The molecule has 0 aliphatic carbocycles. The Morgan fingerprint density at radius 1 is 1.24 bits per heavy atom. The second-order valence-electron chi connectivity index (χ2n) is 6.26. The zero-order valence-corrected chi connectivity index (χ0v) is 13.2. The average molecular weight is 289 g/mol. The Labute approximate surface area is 127 Å². The fraction of sp³-hybridized carbons (Fsp3) is 0.588. The van der Waals surface area contributed by atoms with Gasteiger partial charge in [-0.1, -0.05) is 32.8 Å². The summed E-state index contributed by atoms with van der Waals surface area (Å²) < 4.78 is 0. The second kappa shape index (κ2) is 6.48. The Balaban J connectivity index is 1.99. The molecule has 1 aliphatic rings. The number of rotatable bonds is 5. The first-order valence-corrected chi connectivity index (χ1v) is 7.90. The van der Waals surface area contributed by atoms with Crippen molar-refractivity contribution in [2.24, 2.45) is 11.1 Å². The van der Waals surface area contributed by atoms with Crippen LogP contribution >= 0.6 is 0 Å². The first kappa shape index (κ1) is 15.8. The van der Waals surface area contributed by atoms with Crippen molar-refractivity contribution in [1.82, 2.24) is 4.90 Å². The number of amides is 1. The Morgan fingerprint density at radius 3 is 2.33 bits per heavy atom. The van der Waals surface area contributed by atoms with Gasteiger partial charge in [-0.2, -0.15) is 0 Å². The monoisotopic (exact) mass is 289 g/mol. The molecule has 1 heterocycles. The topological polar surface area (TPSA) is 72.3 Å². The molecule has 1 aliphatic heterocycles. The molecule has 21 heavy (non-hydrogen) atoms. The highest BCUT2D eigenvalue weighted by molar-refractivity contribution is 5.93. The molecule has 0 unspecified atom stereocenters. The van der Waals surface area contributed by atoms with Crippen LogP contribution in [0.1, 0.15) is 55.5 Å². The van der Waals surface area contributed by atoms with Gasteiger partial charge in [0.2, 0.25) is 5.91 Å². The zero-order chi connectivity index (χ0) is 15.5. The Hall–Kier alpha value is -1.55. The predicted octanol–water partition coefficient (Wildman–Crippen LogP) is 2.77. The molecule has 2 rings (SSSR count). The largest absolute Gasteiger partial charge is 0.398 e. The van der Waals surface area contributed by atoms with E-state index in [1.807, 2.05) is 6.07 Å². The molecule has 4 heteroatoms. The molecule has 4 N–H and O–H groups in total. The lowest BCUT2D eigenvalue weighted by Gasteiger charge is -2.41. The van der Waals surface area contributed by atoms with E-state index in [1.165, 1.54) is 25.7 Å². The summed E-state index contributed by atoms with van der Waals surface area (Å²) in [6, 6.07) is 5.38. The highest BCUT2D eigenvalue weighted by Gasteiger charge is 2.31. The third-order valence-electron chi connectivity index (χ3n) is 5.24. The lowest BCUT2D eigenvalue weighted by Crippen LogP contribution is -2.39. The van der Waals surface area contributed by atoms with Crippen molar-refractivity contribution in [2.45, 2.75) is 46.1 Å². The molecule has 1 amide bonds. The number of nitrogens with zero attached hydrogens (tertiary/aromatic N) is 1. The molecular weight excluding hydrogens is 262 g/mol. The van der Waals surface area contributed by atoms with Crippen molar-refractivity contribution in [3.8, 4) is 0 Å². The van der Waals surface area contributed by atoms with E-state index < -0.39 is 5.91 Å². The molecule has 0 radical (unpaired) electrons. The Bertz CT molecular complexity index is 499. The first-order valence-electron chi connectivity index (χ1n) is 7.90. The lowest BCUT2D eigenvalue weighted by molar-refractivity contribution is 0.0910. The summed E-state index contributed by atoms with van der Waals surface area (Å²) in [5, 5.41) is 0. The van der Waals surface area contributed by atoms with Crippen LogP contribution in [0.5, 0.6) is 0 Å².